The lowest BCUT2D eigenvalue weighted by atomic mass is 9.60. The van der Waals surface area contributed by atoms with Crippen LogP contribution in [0.5, 0.6) is 0 Å². The van der Waals surface area contributed by atoms with E-state index in [0.29, 0.717) is 35.9 Å². The molecule has 0 aromatic rings. The van der Waals surface area contributed by atoms with Gasteiger partial charge in [0.2, 0.25) is 5.91 Å². The van der Waals surface area contributed by atoms with E-state index in [1.54, 1.807) is 0 Å². The molecule has 1 heterocycles. The first-order valence-corrected chi connectivity index (χ1v) is 9.35. The fourth-order valence-corrected chi connectivity index (χ4v) is 4.92. The van der Waals surface area contributed by atoms with Gasteiger partial charge in [-0.2, -0.15) is 0 Å². The minimum absolute atomic E-state index is 0.311. The van der Waals surface area contributed by atoms with Crippen molar-refractivity contribution in [3.05, 3.63) is 0 Å². The summed E-state index contributed by atoms with van der Waals surface area (Å²) in [5, 5.41) is 3.94. The van der Waals surface area contributed by atoms with Gasteiger partial charge in [-0.25, -0.2) is 0 Å². The average Bonchev–Trinajstić information content (AvgIpc) is 3.06. The third kappa shape index (κ3) is 2.92. The SMILES string of the molecule is CCO[C@H]1C[C@@H](NC2CCN(C(=O)CC)CC2)C12CCCC2. The smallest absolute Gasteiger partial charge is 0.222 e. The monoisotopic (exact) mass is 308 g/mol. The van der Waals surface area contributed by atoms with Gasteiger partial charge in [-0.15, -0.1) is 0 Å². The molecule has 0 radical (unpaired) electrons. The standard InChI is InChI=1S/C18H32N2O2/c1-3-17(21)20-11-7-14(8-12-20)19-15-13-16(22-4-2)18(15)9-5-6-10-18/h14-16,19H,3-13H2,1-2H3/t15-,16+/m1/s1. The molecule has 1 aliphatic heterocycles. The van der Waals surface area contributed by atoms with Crippen LogP contribution in [0.2, 0.25) is 0 Å². The van der Waals surface area contributed by atoms with Crippen LogP contribution < -0.4 is 5.32 Å². The molecular weight excluding hydrogens is 276 g/mol. The number of carbonyl (C=O) groups excluding carboxylic acids is 1. The second-order valence-electron chi connectivity index (χ2n) is 7.35. The first kappa shape index (κ1) is 16.3. The minimum Gasteiger partial charge on any atom is -0.378 e. The summed E-state index contributed by atoms with van der Waals surface area (Å²) in [4.78, 5) is 13.8. The van der Waals surface area contributed by atoms with Crippen LogP contribution in [0.25, 0.3) is 0 Å². The van der Waals surface area contributed by atoms with Gasteiger partial charge in [-0.3, -0.25) is 4.79 Å². The maximum absolute atomic E-state index is 11.8. The molecule has 126 valence electrons. The summed E-state index contributed by atoms with van der Waals surface area (Å²) in [6.45, 7) is 6.77. The van der Waals surface area contributed by atoms with Crippen molar-refractivity contribution in [3.63, 3.8) is 0 Å². The third-order valence-electron chi connectivity index (χ3n) is 6.27. The topological polar surface area (TPSA) is 41.6 Å². The molecule has 0 bridgehead atoms. The number of carbonyl (C=O) groups is 1. The van der Waals surface area contributed by atoms with E-state index in [1.165, 1.54) is 32.1 Å². The number of rotatable bonds is 5. The molecule has 2 atom stereocenters. The average molecular weight is 308 g/mol. The van der Waals surface area contributed by atoms with Crippen molar-refractivity contribution in [2.24, 2.45) is 5.41 Å². The minimum atomic E-state index is 0.311. The summed E-state index contributed by atoms with van der Waals surface area (Å²) in [6.07, 6.45) is 9.93. The van der Waals surface area contributed by atoms with Crippen LogP contribution in [0.3, 0.4) is 0 Å². The lowest BCUT2D eigenvalue weighted by molar-refractivity contribution is -0.136. The molecule has 1 saturated heterocycles. The highest BCUT2D eigenvalue weighted by molar-refractivity contribution is 5.75. The van der Waals surface area contributed by atoms with E-state index in [-0.39, 0.29) is 0 Å². The predicted octanol–water partition coefficient (Wildman–Crippen LogP) is 2.71. The van der Waals surface area contributed by atoms with Crippen LogP contribution in [0.4, 0.5) is 0 Å². The van der Waals surface area contributed by atoms with Gasteiger partial charge in [0.25, 0.3) is 0 Å². The molecule has 3 rings (SSSR count). The van der Waals surface area contributed by atoms with E-state index >= 15 is 0 Å². The zero-order chi connectivity index (χ0) is 15.6. The number of hydrogen-bond donors (Lipinski definition) is 1. The van der Waals surface area contributed by atoms with E-state index in [2.05, 4.69) is 12.2 Å². The lowest BCUT2D eigenvalue weighted by Gasteiger charge is -2.55. The number of nitrogens with zero attached hydrogens (tertiary/aromatic N) is 1. The molecule has 1 amide bonds. The lowest BCUT2D eigenvalue weighted by Crippen LogP contribution is -2.65. The molecule has 22 heavy (non-hydrogen) atoms. The number of likely N-dealkylation sites (tertiary alicyclic amines) is 1. The van der Waals surface area contributed by atoms with Crippen LogP contribution >= 0.6 is 0 Å². The van der Waals surface area contributed by atoms with Crippen LogP contribution in [-0.4, -0.2) is 48.7 Å². The van der Waals surface area contributed by atoms with Gasteiger partial charge in [0.05, 0.1) is 6.10 Å². The fraction of sp³-hybridized carbons (Fsp3) is 0.944. The normalized spacial score (nSPS) is 31.5. The molecule has 4 heteroatoms. The van der Waals surface area contributed by atoms with Crippen molar-refractivity contribution in [3.8, 4) is 0 Å². The van der Waals surface area contributed by atoms with Crippen molar-refractivity contribution in [1.82, 2.24) is 10.2 Å². The summed E-state index contributed by atoms with van der Waals surface area (Å²) in [5.41, 5.74) is 0.423. The Kier molecular flexibility index (Phi) is 5.08. The Hall–Kier alpha value is -0.610. The number of ether oxygens (including phenoxy) is 1. The van der Waals surface area contributed by atoms with Crippen LogP contribution in [-0.2, 0) is 9.53 Å². The molecular formula is C18H32N2O2. The van der Waals surface area contributed by atoms with Crippen molar-refractivity contribution in [2.45, 2.75) is 83.4 Å². The van der Waals surface area contributed by atoms with Gasteiger partial charge in [0.1, 0.15) is 0 Å². The summed E-state index contributed by atoms with van der Waals surface area (Å²) in [5.74, 6) is 0.311. The van der Waals surface area contributed by atoms with Gasteiger partial charge in [0, 0.05) is 43.6 Å². The maximum atomic E-state index is 11.8. The summed E-state index contributed by atoms with van der Waals surface area (Å²) in [6, 6.07) is 1.23. The summed E-state index contributed by atoms with van der Waals surface area (Å²) < 4.78 is 6.01. The molecule has 0 aromatic heterocycles. The Balaban J connectivity index is 1.51. The zero-order valence-electron chi connectivity index (χ0n) is 14.3. The van der Waals surface area contributed by atoms with E-state index < -0.39 is 0 Å². The largest absolute Gasteiger partial charge is 0.378 e. The Morgan fingerprint density at radius 3 is 2.50 bits per heavy atom. The molecule has 3 aliphatic rings. The molecule has 1 spiro atoms. The van der Waals surface area contributed by atoms with Gasteiger partial charge < -0.3 is 15.0 Å². The fourth-order valence-electron chi connectivity index (χ4n) is 4.92. The Morgan fingerprint density at radius 2 is 1.91 bits per heavy atom. The molecule has 3 fully saturated rings. The van der Waals surface area contributed by atoms with Crippen molar-refractivity contribution in [2.75, 3.05) is 19.7 Å². The predicted molar refractivity (Wildman–Crippen MR) is 87.7 cm³/mol. The Morgan fingerprint density at radius 1 is 1.23 bits per heavy atom. The number of piperidine rings is 1. The second kappa shape index (κ2) is 6.88. The van der Waals surface area contributed by atoms with E-state index in [4.69, 9.17) is 4.74 Å². The van der Waals surface area contributed by atoms with Crippen LogP contribution in [0, 0.1) is 5.41 Å². The molecule has 2 aliphatic carbocycles. The van der Waals surface area contributed by atoms with Gasteiger partial charge >= 0.3 is 0 Å². The summed E-state index contributed by atoms with van der Waals surface area (Å²) in [7, 11) is 0. The van der Waals surface area contributed by atoms with E-state index in [0.717, 1.165) is 32.5 Å². The molecule has 1 N–H and O–H groups in total. The molecule has 0 aromatic carbocycles. The first-order valence-electron chi connectivity index (χ1n) is 9.35. The van der Waals surface area contributed by atoms with Crippen molar-refractivity contribution < 1.29 is 9.53 Å². The number of hydrogen-bond acceptors (Lipinski definition) is 3. The highest BCUT2D eigenvalue weighted by Gasteiger charge is 2.56. The van der Waals surface area contributed by atoms with Crippen molar-refractivity contribution in [1.29, 1.82) is 0 Å². The third-order valence-corrected chi connectivity index (χ3v) is 6.27. The second-order valence-corrected chi connectivity index (χ2v) is 7.35. The quantitative estimate of drug-likeness (QED) is 0.849. The summed E-state index contributed by atoms with van der Waals surface area (Å²) >= 11 is 0. The van der Waals surface area contributed by atoms with Crippen LogP contribution in [0.1, 0.15) is 65.2 Å². The van der Waals surface area contributed by atoms with E-state index in [9.17, 15) is 4.79 Å². The Labute approximate surface area is 135 Å². The molecule has 2 saturated carbocycles. The van der Waals surface area contributed by atoms with Gasteiger partial charge in [-0.05, 0) is 39.0 Å². The zero-order valence-corrected chi connectivity index (χ0v) is 14.3. The van der Waals surface area contributed by atoms with E-state index in [1.807, 2.05) is 11.8 Å². The molecule has 4 nitrogen and oxygen atoms in total. The maximum Gasteiger partial charge on any atom is 0.222 e. The highest BCUT2D eigenvalue weighted by atomic mass is 16.5. The van der Waals surface area contributed by atoms with Crippen molar-refractivity contribution >= 4 is 5.91 Å². The van der Waals surface area contributed by atoms with Gasteiger partial charge in [-0.1, -0.05) is 19.8 Å². The number of amides is 1. The van der Waals surface area contributed by atoms with Crippen LogP contribution in [0.15, 0.2) is 0 Å². The Bertz CT molecular complexity index is 385. The van der Waals surface area contributed by atoms with Gasteiger partial charge in [0.15, 0.2) is 0 Å². The number of nitrogens with one attached hydrogen (secondary N) is 1. The highest BCUT2D eigenvalue weighted by Crippen LogP contribution is 2.55. The first-order chi connectivity index (χ1) is 10.7. The molecule has 0 unspecified atom stereocenters.